The number of hydrogen-bond donors (Lipinski definition) is 2. The molecule has 5 aromatic rings. The second-order valence-electron chi connectivity index (χ2n) is 10.4. The fourth-order valence-corrected chi connectivity index (χ4v) is 6.31. The van der Waals surface area contributed by atoms with Crippen LogP contribution in [-0.4, -0.2) is 43.5 Å². The van der Waals surface area contributed by atoms with Crippen molar-refractivity contribution in [1.29, 1.82) is 0 Å². The van der Waals surface area contributed by atoms with Crippen LogP contribution in [0.25, 0.3) is 11.4 Å². The van der Waals surface area contributed by atoms with Gasteiger partial charge in [0.15, 0.2) is 11.2 Å². The molecule has 0 spiro atoms. The Hall–Kier alpha value is -4.92. The summed E-state index contributed by atoms with van der Waals surface area (Å²) in [4.78, 5) is 22.0. The summed E-state index contributed by atoms with van der Waals surface area (Å²) >= 11 is 0. The van der Waals surface area contributed by atoms with Crippen LogP contribution in [0.5, 0.6) is 17.2 Å². The molecule has 1 aromatic heterocycles. The van der Waals surface area contributed by atoms with E-state index >= 15 is 0 Å². The van der Waals surface area contributed by atoms with Gasteiger partial charge in [-0.25, -0.2) is 4.98 Å². The Balaban J connectivity index is 0.00000105. The number of methoxy groups -OCH3 is 3. The Morgan fingerprint density at radius 3 is 2.05 bits per heavy atom. The van der Waals surface area contributed by atoms with E-state index in [-0.39, 0.29) is 11.3 Å². The number of aromatic amines is 1. The van der Waals surface area contributed by atoms with Crippen molar-refractivity contribution in [2.24, 2.45) is 0 Å². The third-order valence-corrected chi connectivity index (χ3v) is 8.08. The molecule has 2 heterocycles. The first-order chi connectivity index (χ1) is 20.9. The molecule has 0 fully saturated rings. The molecule has 4 aromatic carbocycles. The zero-order valence-corrected chi connectivity index (χ0v) is 24.3. The monoisotopic (exact) mass is 576 g/mol. The fraction of sp³-hybridized carbons (Fsp3) is 0.200. The van der Waals surface area contributed by atoms with Gasteiger partial charge in [-0.15, -0.1) is 0 Å². The average Bonchev–Trinajstić information content (AvgIpc) is 3.44. The maximum Gasteiger partial charge on any atom is 0.255 e. The quantitative estimate of drug-likeness (QED) is 0.289. The molecular weight excluding hydrogens is 544 g/mol. The van der Waals surface area contributed by atoms with Gasteiger partial charge in [0, 0.05) is 37.0 Å². The van der Waals surface area contributed by atoms with Gasteiger partial charge in [0.05, 0.1) is 31.4 Å². The highest BCUT2D eigenvalue weighted by Crippen LogP contribution is 2.67. The third-order valence-electron chi connectivity index (χ3n) is 8.08. The van der Waals surface area contributed by atoms with E-state index < -0.39 is 17.1 Å². The highest BCUT2D eigenvalue weighted by molar-refractivity contribution is 5.66. The van der Waals surface area contributed by atoms with E-state index in [1.165, 1.54) is 0 Å². The number of ether oxygens (including phenoxy) is 4. The summed E-state index contributed by atoms with van der Waals surface area (Å²) in [6.45, 7) is 0. The molecule has 2 aliphatic rings. The van der Waals surface area contributed by atoms with Crippen molar-refractivity contribution >= 4 is 0 Å². The number of fused-ring (bicyclic) bond motifs is 5. The first-order valence-electron chi connectivity index (χ1n) is 13.8. The molecule has 218 valence electrons. The van der Waals surface area contributed by atoms with Crippen molar-refractivity contribution in [1.82, 2.24) is 9.97 Å². The van der Waals surface area contributed by atoms with Gasteiger partial charge >= 0.3 is 0 Å². The number of aliphatic hydroxyl groups is 1. The Morgan fingerprint density at radius 1 is 0.814 bits per heavy atom. The van der Waals surface area contributed by atoms with Crippen molar-refractivity contribution in [2.75, 3.05) is 28.4 Å². The summed E-state index contributed by atoms with van der Waals surface area (Å²) in [5.41, 5.74) is -0.210. The molecule has 0 radical (unpaired) electrons. The molecule has 1 aliphatic heterocycles. The van der Waals surface area contributed by atoms with Gasteiger partial charge in [0.2, 0.25) is 0 Å². The maximum absolute atomic E-state index is 14.0. The van der Waals surface area contributed by atoms with Gasteiger partial charge in [0.25, 0.3) is 5.56 Å². The molecule has 8 heteroatoms. The van der Waals surface area contributed by atoms with E-state index in [2.05, 4.69) is 9.72 Å². The van der Waals surface area contributed by atoms with Crippen LogP contribution in [0.3, 0.4) is 0 Å². The summed E-state index contributed by atoms with van der Waals surface area (Å²) in [6.07, 6.45) is 0. The van der Waals surface area contributed by atoms with E-state index in [1.807, 2.05) is 84.9 Å². The standard InChI is InChI=1S/C33H26N2O5.C2H6O/c1-38-23-15-13-22(14-16-23)33-28(20-9-5-3-6-10-20)27-29(34-30(35-31(27)36)21-11-7-4-8-12-21)32(33,37)25-18-17-24(39-2)19-26(25)40-33;1-3-2/h3-19,28,37H,1-2H3,(H,34,35,36);1-2H3. The topological polar surface area (TPSA) is 103 Å². The number of hydrogen-bond acceptors (Lipinski definition) is 7. The minimum atomic E-state index is -1.81. The molecule has 2 N–H and O–H groups in total. The Labute approximate surface area is 249 Å². The highest BCUT2D eigenvalue weighted by atomic mass is 16.5. The largest absolute Gasteiger partial charge is 0.497 e. The van der Waals surface area contributed by atoms with Crippen LogP contribution in [0.15, 0.2) is 108 Å². The lowest BCUT2D eigenvalue weighted by atomic mass is 9.70. The molecule has 3 unspecified atom stereocenters. The van der Waals surface area contributed by atoms with Gasteiger partial charge in [0.1, 0.15) is 23.1 Å². The van der Waals surface area contributed by atoms with E-state index in [9.17, 15) is 9.90 Å². The van der Waals surface area contributed by atoms with Crippen LogP contribution in [0.1, 0.15) is 33.9 Å². The Kier molecular flexibility index (Phi) is 7.25. The molecule has 0 bridgehead atoms. The molecule has 43 heavy (non-hydrogen) atoms. The Bertz CT molecular complexity index is 1810. The summed E-state index contributed by atoms with van der Waals surface area (Å²) in [7, 11) is 6.44. The number of benzene rings is 4. The van der Waals surface area contributed by atoms with Crippen LogP contribution in [0.4, 0.5) is 0 Å². The average molecular weight is 577 g/mol. The summed E-state index contributed by atoms with van der Waals surface area (Å²) in [5.74, 6) is 1.40. The van der Waals surface area contributed by atoms with Crippen LogP contribution in [-0.2, 0) is 15.9 Å². The molecule has 0 saturated carbocycles. The lowest BCUT2D eigenvalue weighted by Gasteiger charge is -2.40. The SMILES string of the molecule is COC.COc1ccc(C23Oc4cc(OC)ccc4C2(O)c2nc(-c4ccccc4)[nH]c(=O)c2C3c2ccccc2)cc1. The van der Waals surface area contributed by atoms with E-state index in [0.717, 1.165) is 11.1 Å². The third kappa shape index (κ3) is 4.21. The van der Waals surface area contributed by atoms with Gasteiger partial charge in [-0.2, -0.15) is 0 Å². The molecular formula is C35H32N2O6. The lowest BCUT2D eigenvalue weighted by Crippen LogP contribution is -2.49. The minimum Gasteiger partial charge on any atom is -0.497 e. The molecule has 7 rings (SSSR count). The van der Waals surface area contributed by atoms with Gasteiger partial charge in [-0.05, 0) is 29.8 Å². The second kappa shape index (κ2) is 11.1. The van der Waals surface area contributed by atoms with Crippen molar-refractivity contribution < 1.29 is 24.1 Å². The summed E-state index contributed by atoms with van der Waals surface area (Å²) in [6, 6.07) is 31.8. The fourth-order valence-electron chi connectivity index (χ4n) is 6.31. The van der Waals surface area contributed by atoms with Crippen molar-refractivity contribution in [3.8, 4) is 28.6 Å². The lowest BCUT2D eigenvalue weighted by molar-refractivity contribution is -0.0904. The second-order valence-corrected chi connectivity index (χ2v) is 10.4. The number of aromatic nitrogens is 2. The van der Waals surface area contributed by atoms with Gasteiger partial charge < -0.3 is 29.0 Å². The van der Waals surface area contributed by atoms with Crippen LogP contribution in [0, 0.1) is 0 Å². The summed E-state index contributed by atoms with van der Waals surface area (Å²) in [5, 5.41) is 13.1. The first kappa shape index (κ1) is 28.2. The molecule has 1 aliphatic carbocycles. The predicted octanol–water partition coefficient (Wildman–Crippen LogP) is 5.39. The molecule has 8 nitrogen and oxygen atoms in total. The number of nitrogens with one attached hydrogen (secondary N) is 1. The van der Waals surface area contributed by atoms with E-state index in [1.54, 1.807) is 46.6 Å². The number of H-pyrrole nitrogens is 1. The van der Waals surface area contributed by atoms with Crippen LogP contribution >= 0.6 is 0 Å². The van der Waals surface area contributed by atoms with Crippen LogP contribution in [0.2, 0.25) is 0 Å². The summed E-state index contributed by atoms with van der Waals surface area (Å²) < 4.78 is 22.1. The Morgan fingerprint density at radius 2 is 1.42 bits per heavy atom. The highest BCUT2D eigenvalue weighted by Gasteiger charge is 2.72. The first-order valence-corrected chi connectivity index (χ1v) is 13.8. The van der Waals surface area contributed by atoms with Crippen molar-refractivity contribution in [3.63, 3.8) is 0 Å². The van der Waals surface area contributed by atoms with E-state index in [0.29, 0.717) is 39.8 Å². The normalized spacial score (nSPS) is 21.0. The minimum absolute atomic E-state index is 0.267. The number of rotatable bonds is 5. The van der Waals surface area contributed by atoms with Crippen molar-refractivity contribution in [3.05, 3.63) is 141 Å². The van der Waals surface area contributed by atoms with E-state index in [4.69, 9.17) is 19.2 Å². The molecule has 0 saturated heterocycles. The van der Waals surface area contributed by atoms with Crippen molar-refractivity contribution in [2.45, 2.75) is 17.1 Å². The predicted molar refractivity (Wildman–Crippen MR) is 163 cm³/mol. The smallest absolute Gasteiger partial charge is 0.255 e. The number of nitrogens with zero attached hydrogens (tertiary/aromatic N) is 1. The maximum atomic E-state index is 14.0. The zero-order chi connectivity index (χ0) is 30.2. The van der Waals surface area contributed by atoms with Crippen LogP contribution < -0.4 is 19.8 Å². The van der Waals surface area contributed by atoms with Gasteiger partial charge in [-0.3, -0.25) is 4.79 Å². The molecule has 0 amide bonds. The zero-order valence-electron chi connectivity index (χ0n) is 24.3. The molecule has 3 atom stereocenters. The van der Waals surface area contributed by atoms with Gasteiger partial charge in [-0.1, -0.05) is 72.8 Å².